The third kappa shape index (κ3) is 7.11. The maximum absolute atomic E-state index is 12.6. The van der Waals surface area contributed by atoms with Crippen LogP contribution in [0.3, 0.4) is 0 Å². The maximum Gasteiger partial charge on any atom is 0.407 e. The van der Waals surface area contributed by atoms with Crippen molar-refractivity contribution in [2.24, 2.45) is 5.41 Å². The van der Waals surface area contributed by atoms with Gasteiger partial charge in [-0.05, 0) is 37.6 Å². The molecule has 1 atom stereocenters. The molecule has 0 aliphatic rings. The molecule has 0 saturated heterocycles. The Kier molecular flexibility index (Phi) is 7.43. The molecule has 1 rings (SSSR count). The zero-order valence-electron chi connectivity index (χ0n) is 16.7. The van der Waals surface area contributed by atoms with Gasteiger partial charge in [0.25, 0.3) is 0 Å². The largest absolute Gasteiger partial charge is 0.465 e. The summed E-state index contributed by atoms with van der Waals surface area (Å²) in [6, 6.07) is 0.800. The number of carbonyl (C=O) groups excluding carboxylic acids is 2. The molecular weight excluding hydrogens is 392 g/mol. The molecule has 0 fully saturated rings. The van der Waals surface area contributed by atoms with E-state index >= 15 is 0 Å². The smallest absolute Gasteiger partial charge is 0.407 e. The van der Waals surface area contributed by atoms with Gasteiger partial charge in [-0.25, -0.2) is 22.7 Å². The summed E-state index contributed by atoms with van der Waals surface area (Å²) in [6.07, 6.45) is -0.632. The molecule has 10 heteroatoms. The molecular formula is C17H28N2O6S2. The zero-order valence-corrected chi connectivity index (χ0v) is 18.3. The summed E-state index contributed by atoms with van der Waals surface area (Å²) >= 11 is 0.982. The van der Waals surface area contributed by atoms with Crippen molar-refractivity contribution in [3.63, 3.8) is 0 Å². The Bertz CT molecular complexity index is 772. The molecule has 0 aliphatic carbocycles. The molecule has 0 spiro atoms. The number of esters is 1. The molecule has 0 saturated carbocycles. The van der Waals surface area contributed by atoms with Crippen molar-refractivity contribution in [2.75, 3.05) is 13.7 Å². The highest BCUT2D eigenvalue weighted by atomic mass is 32.2. The molecule has 1 amide bonds. The normalized spacial score (nSPS) is 13.7. The fourth-order valence-corrected chi connectivity index (χ4v) is 4.42. The van der Waals surface area contributed by atoms with E-state index in [2.05, 4.69) is 14.8 Å². The third-order valence-electron chi connectivity index (χ3n) is 3.50. The molecule has 0 unspecified atom stereocenters. The lowest BCUT2D eigenvalue weighted by Gasteiger charge is -2.32. The molecule has 8 nitrogen and oxygen atoms in total. The van der Waals surface area contributed by atoms with Crippen LogP contribution in [0.15, 0.2) is 16.3 Å². The number of thiophene rings is 1. The second-order valence-electron chi connectivity index (χ2n) is 8.02. The van der Waals surface area contributed by atoms with Crippen LogP contribution in [0.4, 0.5) is 4.79 Å². The van der Waals surface area contributed by atoms with Crippen LogP contribution in [0.1, 0.15) is 51.2 Å². The van der Waals surface area contributed by atoms with Crippen molar-refractivity contribution < 1.29 is 27.5 Å². The van der Waals surface area contributed by atoms with Crippen molar-refractivity contribution in [3.05, 3.63) is 16.3 Å². The van der Waals surface area contributed by atoms with Crippen LogP contribution in [-0.4, -0.2) is 45.8 Å². The molecule has 0 radical (unpaired) electrons. The van der Waals surface area contributed by atoms with Gasteiger partial charge in [0.1, 0.15) is 15.4 Å². The molecule has 1 aromatic heterocycles. The van der Waals surface area contributed by atoms with Crippen molar-refractivity contribution in [3.8, 4) is 0 Å². The maximum atomic E-state index is 12.6. The average molecular weight is 421 g/mol. The highest BCUT2D eigenvalue weighted by Crippen LogP contribution is 2.24. The Hall–Kier alpha value is -1.65. The standard InChI is InChI=1S/C17H28N2O6S2/c1-16(2,3)12(19-15(21)25-17(4,5)6)10-18-27(22,23)11-8-9-26-13(11)14(20)24-7/h8-9,12,18H,10H2,1-7H3,(H,19,21)/t12-/m1/s1. The first-order valence-electron chi connectivity index (χ1n) is 8.32. The summed E-state index contributed by atoms with van der Waals surface area (Å²) in [5.41, 5.74) is -1.11. The number of rotatable bonds is 6. The number of ether oxygens (including phenoxy) is 2. The summed E-state index contributed by atoms with van der Waals surface area (Å²) in [4.78, 5) is 23.7. The van der Waals surface area contributed by atoms with Gasteiger partial charge in [-0.3, -0.25) is 0 Å². The Labute approximate surface area is 164 Å². The first kappa shape index (κ1) is 23.4. The van der Waals surface area contributed by atoms with Crippen molar-refractivity contribution in [1.82, 2.24) is 10.0 Å². The van der Waals surface area contributed by atoms with E-state index in [4.69, 9.17) is 4.74 Å². The average Bonchev–Trinajstić information content (AvgIpc) is 2.98. The highest BCUT2D eigenvalue weighted by Gasteiger charge is 2.31. The summed E-state index contributed by atoms with van der Waals surface area (Å²) in [6.45, 7) is 10.8. The van der Waals surface area contributed by atoms with E-state index in [1.54, 1.807) is 20.8 Å². The predicted octanol–water partition coefficient (Wildman–Crippen LogP) is 2.75. The van der Waals surface area contributed by atoms with E-state index < -0.39 is 39.1 Å². The molecule has 0 aliphatic heterocycles. The van der Waals surface area contributed by atoms with Crippen LogP contribution in [0.2, 0.25) is 0 Å². The van der Waals surface area contributed by atoms with Crippen LogP contribution in [0.25, 0.3) is 0 Å². The van der Waals surface area contributed by atoms with Gasteiger partial charge in [0.15, 0.2) is 0 Å². The van der Waals surface area contributed by atoms with Gasteiger partial charge in [-0.15, -0.1) is 11.3 Å². The second-order valence-corrected chi connectivity index (χ2v) is 10.7. The summed E-state index contributed by atoms with van der Waals surface area (Å²) < 4.78 is 37.6. The van der Waals surface area contributed by atoms with Crippen LogP contribution >= 0.6 is 11.3 Å². The lowest BCUT2D eigenvalue weighted by Crippen LogP contribution is -2.51. The highest BCUT2D eigenvalue weighted by molar-refractivity contribution is 7.89. The lowest BCUT2D eigenvalue weighted by atomic mass is 9.87. The topological polar surface area (TPSA) is 111 Å². The minimum absolute atomic E-state index is 0.00240. The first-order valence-corrected chi connectivity index (χ1v) is 10.7. The Morgan fingerprint density at radius 1 is 1.19 bits per heavy atom. The zero-order chi connectivity index (χ0) is 21.0. The minimum Gasteiger partial charge on any atom is -0.465 e. The molecule has 0 bridgehead atoms. The van der Waals surface area contributed by atoms with Gasteiger partial charge >= 0.3 is 12.1 Å². The van der Waals surface area contributed by atoms with Crippen LogP contribution in [0, 0.1) is 5.41 Å². The van der Waals surface area contributed by atoms with Gasteiger partial charge in [0.2, 0.25) is 10.0 Å². The molecule has 2 N–H and O–H groups in total. The van der Waals surface area contributed by atoms with Gasteiger partial charge in [0.05, 0.1) is 13.2 Å². The summed E-state index contributed by atoms with van der Waals surface area (Å²) in [5, 5.41) is 4.20. The van der Waals surface area contributed by atoms with Crippen molar-refractivity contribution in [1.29, 1.82) is 0 Å². The van der Waals surface area contributed by atoms with Gasteiger partial charge in [-0.1, -0.05) is 20.8 Å². The molecule has 154 valence electrons. The number of hydrogen-bond acceptors (Lipinski definition) is 7. The molecule has 1 aromatic rings. The Morgan fingerprint density at radius 2 is 1.78 bits per heavy atom. The van der Waals surface area contributed by atoms with E-state index in [0.717, 1.165) is 11.3 Å². The Morgan fingerprint density at radius 3 is 2.26 bits per heavy atom. The van der Waals surface area contributed by atoms with E-state index in [0.29, 0.717) is 0 Å². The number of amides is 1. The van der Waals surface area contributed by atoms with Crippen molar-refractivity contribution in [2.45, 2.75) is 58.1 Å². The lowest BCUT2D eigenvalue weighted by molar-refractivity contribution is 0.0465. The Balaban J connectivity index is 2.94. The summed E-state index contributed by atoms with van der Waals surface area (Å²) in [5.74, 6) is -0.718. The van der Waals surface area contributed by atoms with E-state index in [-0.39, 0.29) is 16.3 Å². The summed E-state index contributed by atoms with van der Waals surface area (Å²) in [7, 11) is -2.77. The van der Waals surface area contributed by atoms with E-state index in [1.165, 1.54) is 18.6 Å². The molecule has 27 heavy (non-hydrogen) atoms. The van der Waals surface area contributed by atoms with Gasteiger partial charge in [0, 0.05) is 6.54 Å². The number of methoxy groups -OCH3 is 1. The second kappa shape index (κ2) is 8.57. The fourth-order valence-electron chi connectivity index (χ4n) is 2.04. The van der Waals surface area contributed by atoms with E-state index in [9.17, 15) is 18.0 Å². The monoisotopic (exact) mass is 420 g/mol. The minimum atomic E-state index is -3.96. The number of nitrogens with one attached hydrogen (secondary N) is 2. The number of hydrogen-bond donors (Lipinski definition) is 2. The third-order valence-corrected chi connectivity index (χ3v) is 5.99. The first-order chi connectivity index (χ1) is 12.2. The van der Waals surface area contributed by atoms with Crippen LogP contribution in [0.5, 0.6) is 0 Å². The molecule has 1 heterocycles. The number of carbonyl (C=O) groups is 2. The van der Waals surface area contributed by atoms with Gasteiger partial charge in [-0.2, -0.15) is 0 Å². The fraction of sp³-hybridized carbons (Fsp3) is 0.647. The number of sulfonamides is 1. The van der Waals surface area contributed by atoms with Crippen LogP contribution in [-0.2, 0) is 19.5 Å². The predicted molar refractivity (Wildman–Crippen MR) is 103 cm³/mol. The molecule has 0 aromatic carbocycles. The SMILES string of the molecule is COC(=O)c1sccc1S(=O)(=O)NC[C@@H](NC(=O)OC(C)(C)C)C(C)(C)C. The quantitative estimate of drug-likeness (QED) is 0.685. The number of alkyl carbamates (subject to hydrolysis) is 1. The van der Waals surface area contributed by atoms with Crippen molar-refractivity contribution >= 4 is 33.4 Å². The van der Waals surface area contributed by atoms with Crippen LogP contribution < -0.4 is 10.0 Å². The van der Waals surface area contributed by atoms with Gasteiger partial charge < -0.3 is 14.8 Å². The van der Waals surface area contributed by atoms with E-state index in [1.807, 2.05) is 20.8 Å².